The zero-order valence-electron chi connectivity index (χ0n) is 17.3. The summed E-state index contributed by atoms with van der Waals surface area (Å²) in [6.45, 7) is 3.60. The van der Waals surface area contributed by atoms with Gasteiger partial charge in [-0.05, 0) is 54.6 Å². The first-order valence-corrected chi connectivity index (χ1v) is 11.3. The summed E-state index contributed by atoms with van der Waals surface area (Å²) in [6.07, 6.45) is 3.05. The van der Waals surface area contributed by atoms with E-state index in [1.54, 1.807) is 48.7 Å². The molecule has 0 N–H and O–H groups in total. The number of pyridine rings is 1. The van der Waals surface area contributed by atoms with Crippen LogP contribution in [0.1, 0.15) is 16.1 Å². The molecule has 2 aromatic carbocycles. The lowest BCUT2D eigenvalue weighted by molar-refractivity contribution is 0.0467. The van der Waals surface area contributed by atoms with Crippen LogP contribution < -0.4 is 9.04 Å². The van der Waals surface area contributed by atoms with Crippen molar-refractivity contribution in [3.63, 3.8) is 0 Å². The van der Waals surface area contributed by atoms with Crippen LogP contribution in [-0.4, -0.2) is 33.0 Å². The van der Waals surface area contributed by atoms with E-state index >= 15 is 0 Å². The summed E-state index contributed by atoms with van der Waals surface area (Å²) in [4.78, 5) is 16.6. The van der Waals surface area contributed by atoms with Crippen molar-refractivity contribution in [2.45, 2.75) is 11.5 Å². The fourth-order valence-corrected chi connectivity index (χ4v) is 4.51. The second-order valence-corrected chi connectivity index (χ2v) is 8.83. The Kier molecular flexibility index (Phi) is 7.50. The van der Waals surface area contributed by atoms with Crippen LogP contribution in [0.5, 0.6) is 5.75 Å². The number of methoxy groups -OCH3 is 1. The number of sulfonamides is 1. The first kappa shape index (κ1) is 23.3. The third-order valence-electron chi connectivity index (χ3n) is 4.48. The number of halogens is 1. The summed E-state index contributed by atoms with van der Waals surface area (Å²) < 4.78 is 38.3. The third-order valence-corrected chi connectivity index (χ3v) is 6.60. The molecule has 1 heterocycles. The van der Waals surface area contributed by atoms with Crippen molar-refractivity contribution < 1.29 is 22.7 Å². The quantitative estimate of drug-likeness (QED) is 0.337. The van der Waals surface area contributed by atoms with Gasteiger partial charge in [-0.25, -0.2) is 13.2 Å². The van der Waals surface area contributed by atoms with E-state index in [1.165, 1.54) is 35.7 Å². The van der Waals surface area contributed by atoms with Gasteiger partial charge in [-0.2, -0.15) is 0 Å². The summed E-state index contributed by atoms with van der Waals surface area (Å²) in [5.41, 5.74) is 0.911. The van der Waals surface area contributed by atoms with E-state index < -0.39 is 16.0 Å². The van der Waals surface area contributed by atoms with Crippen LogP contribution >= 0.6 is 11.6 Å². The molecule has 0 atom stereocenters. The monoisotopic (exact) mass is 472 g/mol. The SMILES string of the molecule is C=CCN(c1ccc(OC)cc1)S(=O)(=O)c1ccc(Cl)c(C(=O)OCc2ccccn2)c1. The maximum Gasteiger partial charge on any atom is 0.340 e. The maximum atomic E-state index is 13.4. The van der Waals surface area contributed by atoms with Gasteiger partial charge in [-0.3, -0.25) is 9.29 Å². The van der Waals surface area contributed by atoms with E-state index in [1.807, 2.05) is 0 Å². The zero-order chi connectivity index (χ0) is 23.1. The average molecular weight is 473 g/mol. The first-order valence-electron chi connectivity index (χ1n) is 9.51. The molecular weight excluding hydrogens is 452 g/mol. The lowest BCUT2D eigenvalue weighted by Gasteiger charge is -2.23. The highest BCUT2D eigenvalue weighted by atomic mass is 35.5. The molecule has 0 radical (unpaired) electrons. The number of hydrogen-bond acceptors (Lipinski definition) is 6. The van der Waals surface area contributed by atoms with Crippen molar-refractivity contribution in [3.05, 3.63) is 95.8 Å². The number of aromatic nitrogens is 1. The lowest BCUT2D eigenvalue weighted by atomic mass is 10.2. The van der Waals surface area contributed by atoms with Crippen molar-refractivity contribution >= 4 is 33.3 Å². The minimum absolute atomic E-state index is 0.0245. The molecule has 0 bridgehead atoms. The molecular formula is C23H21ClN2O5S. The van der Waals surface area contributed by atoms with E-state index in [0.29, 0.717) is 17.1 Å². The van der Waals surface area contributed by atoms with Crippen LogP contribution in [0.15, 0.2) is 84.4 Å². The van der Waals surface area contributed by atoms with E-state index in [4.69, 9.17) is 21.1 Å². The second-order valence-electron chi connectivity index (χ2n) is 6.56. The van der Waals surface area contributed by atoms with Gasteiger partial charge in [0.05, 0.1) is 40.5 Å². The molecule has 7 nitrogen and oxygen atoms in total. The standard InChI is InChI=1S/C23H21ClN2O5S/c1-3-14-26(18-7-9-19(30-2)10-8-18)32(28,29)20-11-12-22(24)21(15-20)23(27)31-16-17-6-4-5-13-25-17/h3-13,15H,1,14,16H2,2H3. The van der Waals surface area contributed by atoms with Gasteiger partial charge in [0.25, 0.3) is 10.0 Å². The van der Waals surface area contributed by atoms with Gasteiger partial charge in [0, 0.05) is 6.20 Å². The lowest BCUT2D eigenvalue weighted by Crippen LogP contribution is -2.31. The Morgan fingerprint density at radius 2 is 1.91 bits per heavy atom. The number of benzene rings is 2. The van der Waals surface area contributed by atoms with Crippen molar-refractivity contribution in [3.8, 4) is 5.75 Å². The summed E-state index contributed by atoms with van der Waals surface area (Å²) >= 11 is 6.16. The van der Waals surface area contributed by atoms with E-state index in [9.17, 15) is 13.2 Å². The molecule has 0 saturated heterocycles. The predicted molar refractivity (Wildman–Crippen MR) is 123 cm³/mol. The van der Waals surface area contributed by atoms with Crippen LogP contribution in [-0.2, 0) is 21.4 Å². The summed E-state index contributed by atoms with van der Waals surface area (Å²) in [7, 11) is -2.51. The van der Waals surface area contributed by atoms with Gasteiger partial charge in [0.1, 0.15) is 12.4 Å². The Morgan fingerprint density at radius 3 is 2.53 bits per heavy atom. The molecule has 166 valence electrons. The number of carbonyl (C=O) groups excluding carboxylic acids is 1. The molecule has 0 fully saturated rings. The first-order chi connectivity index (χ1) is 15.4. The van der Waals surface area contributed by atoms with Gasteiger partial charge in [-0.1, -0.05) is 23.7 Å². The Morgan fingerprint density at radius 1 is 1.16 bits per heavy atom. The topological polar surface area (TPSA) is 85.8 Å². The number of nitrogens with zero attached hydrogens (tertiary/aromatic N) is 2. The molecule has 1 aromatic heterocycles. The van der Waals surface area contributed by atoms with Crippen molar-refractivity contribution in [1.29, 1.82) is 0 Å². The number of esters is 1. The van der Waals surface area contributed by atoms with Crippen molar-refractivity contribution in [2.24, 2.45) is 0 Å². The fraction of sp³-hybridized carbons (Fsp3) is 0.130. The molecule has 0 amide bonds. The highest BCUT2D eigenvalue weighted by molar-refractivity contribution is 7.92. The Balaban J connectivity index is 1.90. The number of hydrogen-bond donors (Lipinski definition) is 0. The molecule has 0 spiro atoms. The second kappa shape index (κ2) is 10.3. The van der Waals surface area contributed by atoms with Gasteiger partial charge >= 0.3 is 5.97 Å². The van der Waals surface area contributed by atoms with E-state index in [0.717, 1.165) is 0 Å². The fourth-order valence-electron chi connectivity index (χ4n) is 2.86. The maximum absolute atomic E-state index is 13.4. The summed E-state index contributed by atoms with van der Waals surface area (Å²) in [5.74, 6) is -0.161. The van der Waals surface area contributed by atoms with Crippen LogP contribution in [0.3, 0.4) is 0 Å². The number of ether oxygens (including phenoxy) is 2. The normalized spacial score (nSPS) is 10.9. The molecule has 0 saturated carbocycles. The molecule has 0 unspecified atom stereocenters. The molecule has 9 heteroatoms. The van der Waals surface area contributed by atoms with Gasteiger partial charge in [-0.15, -0.1) is 6.58 Å². The minimum Gasteiger partial charge on any atom is -0.497 e. The van der Waals surface area contributed by atoms with Crippen LogP contribution in [0.4, 0.5) is 5.69 Å². The van der Waals surface area contributed by atoms with Gasteiger partial charge in [0.2, 0.25) is 0 Å². The summed E-state index contributed by atoms with van der Waals surface area (Å²) in [5, 5.41) is 0.0784. The molecule has 3 aromatic rings. The predicted octanol–water partition coefficient (Wildman–Crippen LogP) is 4.48. The number of anilines is 1. The molecule has 3 rings (SSSR count). The van der Waals surface area contributed by atoms with E-state index in [-0.39, 0.29) is 28.6 Å². The number of carbonyl (C=O) groups is 1. The van der Waals surface area contributed by atoms with Gasteiger partial charge in [0.15, 0.2) is 0 Å². The Hall–Kier alpha value is -3.36. The third kappa shape index (κ3) is 5.27. The molecule has 0 aliphatic rings. The average Bonchev–Trinajstić information content (AvgIpc) is 2.82. The Bertz CT molecular complexity index is 1200. The van der Waals surface area contributed by atoms with Crippen LogP contribution in [0.2, 0.25) is 5.02 Å². The van der Waals surface area contributed by atoms with E-state index in [2.05, 4.69) is 11.6 Å². The minimum atomic E-state index is -4.03. The highest BCUT2D eigenvalue weighted by Crippen LogP contribution is 2.28. The summed E-state index contributed by atoms with van der Waals surface area (Å²) in [6, 6.07) is 15.7. The van der Waals surface area contributed by atoms with Crippen LogP contribution in [0.25, 0.3) is 0 Å². The highest BCUT2D eigenvalue weighted by Gasteiger charge is 2.26. The zero-order valence-corrected chi connectivity index (χ0v) is 18.8. The molecule has 0 aliphatic carbocycles. The molecule has 0 aliphatic heterocycles. The van der Waals surface area contributed by atoms with Crippen molar-refractivity contribution in [2.75, 3.05) is 18.0 Å². The number of rotatable bonds is 9. The van der Waals surface area contributed by atoms with Crippen molar-refractivity contribution in [1.82, 2.24) is 4.98 Å². The van der Waals surface area contributed by atoms with Crippen LogP contribution in [0, 0.1) is 0 Å². The molecule has 32 heavy (non-hydrogen) atoms. The Labute approximate surface area is 191 Å². The largest absolute Gasteiger partial charge is 0.497 e. The smallest absolute Gasteiger partial charge is 0.340 e. The van der Waals surface area contributed by atoms with Gasteiger partial charge < -0.3 is 9.47 Å².